The number of ether oxygens (including phenoxy) is 1. The average molecular weight is 384 g/mol. The number of pyridine rings is 1. The molecule has 0 bridgehead atoms. The van der Waals surface area contributed by atoms with E-state index in [9.17, 15) is 4.39 Å². The van der Waals surface area contributed by atoms with Gasteiger partial charge in [-0.3, -0.25) is 5.73 Å². The van der Waals surface area contributed by atoms with Crippen LogP contribution in [0.2, 0.25) is 5.02 Å². The summed E-state index contributed by atoms with van der Waals surface area (Å²) >= 11 is 5.99. The Balaban J connectivity index is 1.97. The quantitative estimate of drug-likeness (QED) is 0.717. The van der Waals surface area contributed by atoms with E-state index in [2.05, 4.69) is 0 Å². The summed E-state index contributed by atoms with van der Waals surface area (Å²) in [6.45, 7) is 2.02. The molecule has 0 fully saturated rings. The van der Waals surface area contributed by atoms with E-state index in [1.807, 2.05) is 43.3 Å². The molecule has 0 saturated carbocycles. The number of nitrogens with zero attached hydrogens (tertiary/aromatic N) is 1. The van der Waals surface area contributed by atoms with E-state index in [0.29, 0.717) is 17.0 Å². The van der Waals surface area contributed by atoms with Gasteiger partial charge in [0.25, 0.3) is 0 Å². The molecule has 138 valence electrons. The molecular formula is C21H19ClFN3O. The Morgan fingerprint density at radius 1 is 1.19 bits per heavy atom. The minimum Gasteiger partial charge on any atom is -0.470 e. The summed E-state index contributed by atoms with van der Waals surface area (Å²) in [4.78, 5) is 4.74. The van der Waals surface area contributed by atoms with Gasteiger partial charge < -0.3 is 10.5 Å². The minimum absolute atomic E-state index is 0.00831. The Labute approximate surface area is 161 Å². The van der Waals surface area contributed by atoms with Crippen molar-refractivity contribution in [1.82, 2.24) is 4.98 Å². The Bertz CT molecular complexity index is 1010. The summed E-state index contributed by atoms with van der Waals surface area (Å²) in [5.41, 5.74) is 15.7. The first kappa shape index (κ1) is 17.9. The molecule has 1 aliphatic rings. The van der Waals surface area contributed by atoms with Crippen LogP contribution in [0, 0.1) is 5.82 Å². The largest absolute Gasteiger partial charge is 0.470 e. The highest BCUT2D eigenvalue weighted by Crippen LogP contribution is 2.47. The number of nitrogens with two attached hydrogens (primary N) is 2. The molecule has 2 unspecified atom stereocenters. The van der Waals surface area contributed by atoms with E-state index < -0.39 is 17.6 Å². The number of rotatable bonds is 3. The lowest BCUT2D eigenvalue weighted by atomic mass is 9.83. The van der Waals surface area contributed by atoms with Crippen molar-refractivity contribution in [3.8, 4) is 17.0 Å². The number of aromatic nitrogens is 1. The molecular weight excluding hydrogens is 365 g/mol. The van der Waals surface area contributed by atoms with Gasteiger partial charge in [-0.1, -0.05) is 54.9 Å². The molecule has 0 aliphatic carbocycles. The number of benzene rings is 2. The van der Waals surface area contributed by atoms with Crippen LogP contribution in [-0.2, 0) is 12.0 Å². The van der Waals surface area contributed by atoms with Crippen LogP contribution >= 0.6 is 11.6 Å². The van der Waals surface area contributed by atoms with Crippen LogP contribution in [0.3, 0.4) is 0 Å². The second-order valence-electron chi connectivity index (χ2n) is 6.59. The van der Waals surface area contributed by atoms with Crippen LogP contribution in [0.1, 0.15) is 23.7 Å². The maximum absolute atomic E-state index is 13.7. The van der Waals surface area contributed by atoms with Gasteiger partial charge in [0.05, 0.1) is 5.02 Å². The molecule has 0 radical (unpaired) electrons. The molecule has 4 rings (SSSR count). The second kappa shape index (κ2) is 6.60. The van der Waals surface area contributed by atoms with Gasteiger partial charge in [-0.05, 0) is 30.2 Å². The predicted octanol–water partition coefficient (Wildman–Crippen LogP) is 3.98. The summed E-state index contributed by atoms with van der Waals surface area (Å²) < 4.78 is 19.6. The van der Waals surface area contributed by atoms with E-state index in [-0.39, 0.29) is 5.02 Å². The fourth-order valence-electron chi connectivity index (χ4n) is 3.43. The van der Waals surface area contributed by atoms with Gasteiger partial charge in [0, 0.05) is 16.8 Å². The average Bonchev–Trinajstić information content (AvgIpc) is 2.95. The maximum Gasteiger partial charge on any atom is 0.174 e. The van der Waals surface area contributed by atoms with Crippen molar-refractivity contribution in [3.63, 3.8) is 0 Å². The van der Waals surface area contributed by atoms with Crippen molar-refractivity contribution in [2.24, 2.45) is 11.5 Å². The monoisotopic (exact) mass is 383 g/mol. The van der Waals surface area contributed by atoms with Crippen molar-refractivity contribution in [3.05, 3.63) is 82.3 Å². The maximum atomic E-state index is 13.7. The molecule has 0 spiro atoms. The molecule has 0 amide bonds. The summed E-state index contributed by atoms with van der Waals surface area (Å²) in [7, 11) is 0. The van der Waals surface area contributed by atoms with Crippen molar-refractivity contribution >= 4 is 11.6 Å². The number of hydrogen-bond donors (Lipinski definition) is 2. The fraction of sp³-hybridized carbons (Fsp3) is 0.190. The van der Waals surface area contributed by atoms with Crippen molar-refractivity contribution in [2.75, 3.05) is 0 Å². The zero-order valence-corrected chi connectivity index (χ0v) is 15.5. The molecule has 3 aromatic rings. The summed E-state index contributed by atoms with van der Waals surface area (Å²) in [5, 5.41) is -0.00831. The normalized spacial score (nSPS) is 21.0. The number of fused-ring (bicyclic) bond motifs is 1. The lowest BCUT2D eigenvalue weighted by Gasteiger charge is -2.28. The molecule has 1 aliphatic heterocycles. The third-order valence-corrected chi connectivity index (χ3v) is 5.26. The fourth-order valence-corrected chi connectivity index (χ4v) is 3.61. The van der Waals surface area contributed by atoms with E-state index in [1.54, 1.807) is 6.07 Å². The number of aryl methyl sites for hydroxylation is 1. The van der Waals surface area contributed by atoms with Gasteiger partial charge in [0.2, 0.25) is 0 Å². The van der Waals surface area contributed by atoms with Gasteiger partial charge in [-0.25, -0.2) is 9.37 Å². The van der Waals surface area contributed by atoms with Crippen molar-refractivity contribution < 1.29 is 9.13 Å². The van der Waals surface area contributed by atoms with Crippen LogP contribution in [0.15, 0.2) is 54.6 Å². The summed E-state index contributed by atoms with van der Waals surface area (Å²) in [6.07, 6.45) is -0.131. The topological polar surface area (TPSA) is 74.2 Å². The molecule has 4 N–H and O–H groups in total. The third kappa shape index (κ3) is 2.79. The highest BCUT2D eigenvalue weighted by Gasteiger charge is 2.47. The first-order valence-corrected chi connectivity index (χ1v) is 9.09. The van der Waals surface area contributed by atoms with Crippen LogP contribution in [0.4, 0.5) is 4.39 Å². The van der Waals surface area contributed by atoms with Gasteiger partial charge in [-0.2, -0.15) is 0 Å². The van der Waals surface area contributed by atoms with Crippen LogP contribution in [0.25, 0.3) is 11.3 Å². The van der Waals surface area contributed by atoms with Gasteiger partial charge in [-0.15, -0.1) is 0 Å². The molecule has 2 aromatic carbocycles. The Morgan fingerprint density at radius 2 is 1.93 bits per heavy atom. The molecule has 4 nitrogen and oxygen atoms in total. The first-order valence-electron chi connectivity index (χ1n) is 8.71. The molecule has 27 heavy (non-hydrogen) atoms. The highest BCUT2D eigenvalue weighted by molar-refractivity contribution is 6.30. The molecule has 0 saturated heterocycles. The Hall–Kier alpha value is -2.47. The SMILES string of the molecule is CCc1cc2c(c(-c3ccccc3)n1)OC(N)C2(N)c1ccc(F)c(Cl)c1. The molecule has 2 atom stereocenters. The highest BCUT2D eigenvalue weighted by atomic mass is 35.5. The van der Waals surface area contributed by atoms with E-state index in [0.717, 1.165) is 23.2 Å². The third-order valence-electron chi connectivity index (χ3n) is 4.97. The number of halogens is 2. The van der Waals surface area contributed by atoms with Crippen LogP contribution in [0.5, 0.6) is 5.75 Å². The second-order valence-corrected chi connectivity index (χ2v) is 7.00. The standard InChI is InChI=1S/C21H19ClFN3O/c1-2-14-11-15-19(18(26-14)12-6-4-3-5-7-12)27-20(24)21(15,25)13-8-9-17(23)16(22)10-13/h3-11,20H,2,24-25H2,1H3. The van der Waals surface area contributed by atoms with Gasteiger partial charge in [0.15, 0.2) is 12.0 Å². The van der Waals surface area contributed by atoms with Crippen LogP contribution in [-0.4, -0.2) is 11.2 Å². The van der Waals surface area contributed by atoms with Crippen LogP contribution < -0.4 is 16.2 Å². The molecule has 6 heteroatoms. The Morgan fingerprint density at radius 3 is 2.59 bits per heavy atom. The minimum atomic E-state index is -1.16. The predicted molar refractivity (Wildman–Crippen MR) is 104 cm³/mol. The van der Waals surface area contributed by atoms with Gasteiger partial charge >= 0.3 is 0 Å². The molecule has 1 aromatic heterocycles. The lowest BCUT2D eigenvalue weighted by molar-refractivity contribution is 0.178. The summed E-state index contributed by atoms with van der Waals surface area (Å²) in [6, 6.07) is 16.0. The summed E-state index contributed by atoms with van der Waals surface area (Å²) in [5.74, 6) is 0.0412. The van der Waals surface area contributed by atoms with Gasteiger partial charge in [0.1, 0.15) is 17.1 Å². The lowest BCUT2D eigenvalue weighted by Crippen LogP contribution is -2.52. The van der Waals surface area contributed by atoms with E-state index in [1.165, 1.54) is 12.1 Å². The zero-order valence-electron chi connectivity index (χ0n) is 14.7. The first-order chi connectivity index (χ1) is 12.9. The zero-order chi connectivity index (χ0) is 19.2. The Kier molecular flexibility index (Phi) is 4.38. The van der Waals surface area contributed by atoms with E-state index >= 15 is 0 Å². The number of hydrogen-bond acceptors (Lipinski definition) is 4. The smallest absolute Gasteiger partial charge is 0.174 e. The van der Waals surface area contributed by atoms with E-state index in [4.69, 9.17) is 32.8 Å². The molecule has 2 heterocycles. The van der Waals surface area contributed by atoms with Crippen molar-refractivity contribution in [2.45, 2.75) is 25.1 Å². The van der Waals surface area contributed by atoms with Crippen molar-refractivity contribution in [1.29, 1.82) is 0 Å².